The van der Waals surface area contributed by atoms with Gasteiger partial charge in [0.05, 0.1) is 11.0 Å². The van der Waals surface area contributed by atoms with Crippen molar-refractivity contribution < 1.29 is 0 Å². The van der Waals surface area contributed by atoms with E-state index < -0.39 is 0 Å². The summed E-state index contributed by atoms with van der Waals surface area (Å²) < 4.78 is 2.12. The lowest BCUT2D eigenvalue weighted by atomic mass is 10.2. The van der Waals surface area contributed by atoms with Crippen molar-refractivity contribution in [1.29, 1.82) is 0 Å². The fourth-order valence-electron chi connectivity index (χ4n) is 1.75. The fourth-order valence-corrected chi connectivity index (χ4v) is 1.75. The molecule has 0 spiro atoms. The minimum atomic E-state index is 0.919. The molecule has 0 saturated carbocycles. The number of nitrogens with zero attached hydrogens (tertiary/aromatic N) is 2. The van der Waals surface area contributed by atoms with E-state index >= 15 is 0 Å². The second-order valence-electron chi connectivity index (χ2n) is 3.82. The molecular formula is C12H17N3. The maximum absolute atomic E-state index is 4.52. The first-order valence-electron chi connectivity index (χ1n) is 5.35. The molecular weight excluding hydrogens is 186 g/mol. The molecule has 0 aliphatic heterocycles. The first kappa shape index (κ1) is 10.2. The minimum Gasteiger partial charge on any atom is -0.331 e. The van der Waals surface area contributed by atoms with Gasteiger partial charge in [0.25, 0.3) is 0 Å². The fraction of sp³-hybridized carbons (Fsp3) is 0.417. The number of hydrogen-bond donors (Lipinski definition) is 1. The third kappa shape index (κ3) is 1.88. The second kappa shape index (κ2) is 4.03. The smallest absolute Gasteiger partial charge is 0.106 e. The van der Waals surface area contributed by atoms with E-state index in [1.807, 2.05) is 6.92 Å². The van der Waals surface area contributed by atoms with E-state index in [9.17, 15) is 0 Å². The van der Waals surface area contributed by atoms with Crippen LogP contribution in [-0.2, 0) is 13.6 Å². The van der Waals surface area contributed by atoms with E-state index in [1.54, 1.807) is 0 Å². The van der Waals surface area contributed by atoms with E-state index in [0.717, 1.165) is 24.4 Å². The summed E-state index contributed by atoms with van der Waals surface area (Å²) >= 11 is 0. The van der Waals surface area contributed by atoms with Gasteiger partial charge < -0.3 is 9.88 Å². The summed E-state index contributed by atoms with van der Waals surface area (Å²) in [6, 6.07) is 6.46. The van der Waals surface area contributed by atoms with Gasteiger partial charge in [-0.25, -0.2) is 4.98 Å². The Bertz CT molecular complexity index is 471. The Morgan fingerprint density at radius 3 is 2.93 bits per heavy atom. The quantitative estimate of drug-likeness (QED) is 0.826. The molecule has 0 fully saturated rings. The van der Waals surface area contributed by atoms with Crippen molar-refractivity contribution in [2.45, 2.75) is 20.4 Å². The molecule has 2 aromatic rings. The highest BCUT2D eigenvalue weighted by Gasteiger charge is 2.03. The van der Waals surface area contributed by atoms with E-state index in [4.69, 9.17) is 0 Å². The van der Waals surface area contributed by atoms with Gasteiger partial charge in [-0.15, -0.1) is 0 Å². The van der Waals surface area contributed by atoms with E-state index in [1.165, 1.54) is 11.1 Å². The summed E-state index contributed by atoms with van der Waals surface area (Å²) in [7, 11) is 2.05. The maximum atomic E-state index is 4.52. The largest absolute Gasteiger partial charge is 0.331 e. The lowest BCUT2D eigenvalue weighted by molar-refractivity contribution is 0.727. The van der Waals surface area contributed by atoms with Crippen molar-refractivity contribution in [3.63, 3.8) is 0 Å². The van der Waals surface area contributed by atoms with Crippen LogP contribution in [0.2, 0.25) is 0 Å². The SMILES string of the molecule is CCNCc1ccc2c(c1)nc(C)n2C. The molecule has 1 aromatic heterocycles. The third-order valence-electron chi connectivity index (χ3n) is 2.75. The zero-order valence-corrected chi connectivity index (χ0v) is 9.54. The van der Waals surface area contributed by atoms with Crippen LogP contribution in [0.3, 0.4) is 0 Å². The van der Waals surface area contributed by atoms with Crippen molar-refractivity contribution in [3.8, 4) is 0 Å². The van der Waals surface area contributed by atoms with Crippen LogP contribution in [0, 0.1) is 6.92 Å². The Labute approximate surface area is 90.1 Å². The summed E-state index contributed by atoms with van der Waals surface area (Å²) in [5.41, 5.74) is 3.58. The summed E-state index contributed by atoms with van der Waals surface area (Å²) in [4.78, 5) is 4.52. The van der Waals surface area contributed by atoms with Gasteiger partial charge in [0.2, 0.25) is 0 Å². The first-order valence-corrected chi connectivity index (χ1v) is 5.35. The van der Waals surface area contributed by atoms with Gasteiger partial charge in [0.1, 0.15) is 5.82 Å². The lowest BCUT2D eigenvalue weighted by Gasteiger charge is -2.02. The number of aryl methyl sites for hydroxylation is 2. The molecule has 0 atom stereocenters. The molecule has 3 nitrogen and oxygen atoms in total. The van der Waals surface area contributed by atoms with E-state index in [0.29, 0.717) is 0 Å². The average Bonchev–Trinajstić information content (AvgIpc) is 2.52. The third-order valence-corrected chi connectivity index (χ3v) is 2.75. The Kier molecular flexibility index (Phi) is 2.73. The molecule has 0 saturated heterocycles. The van der Waals surface area contributed by atoms with Gasteiger partial charge in [0, 0.05) is 13.6 Å². The molecule has 0 amide bonds. The van der Waals surface area contributed by atoms with Crippen LogP contribution < -0.4 is 5.32 Å². The Hall–Kier alpha value is -1.35. The summed E-state index contributed by atoms with van der Waals surface area (Å²) in [6.45, 7) is 6.06. The number of nitrogens with one attached hydrogen (secondary N) is 1. The monoisotopic (exact) mass is 203 g/mol. The predicted octanol–water partition coefficient (Wildman–Crippen LogP) is 1.99. The molecule has 0 aliphatic carbocycles. The zero-order chi connectivity index (χ0) is 10.8. The van der Waals surface area contributed by atoms with Crippen LogP contribution in [0.15, 0.2) is 18.2 Å². The molecule has 1 N–H and O–H groups in total. The van der Waals surface area contributed by atoms with Gasteiger partial charge in [0.15, 0.2) is 0 Å². The second-order valence-corrected chi connectivity index (χ2v) is 3.82. The molecule has 0 radical (unpaired) electrons. The van der Waals surface area contributed by atoms with Crippen LogP contribution in [0.5, 0.6) is 0 Å². The predicted molar refractivity (Wildman–Crippen MR) is 62.8 cm³/mol. The molecule has 15 heavy (non-hydrogen) atoms. The number of aromatic nitrogens is 2. The standard InChI is InChI=1S/C12H17N3/c1-4-13-8-10-5-6-12-11(7-10)14-9(2)15(12)3/h5-7,13H,4,8H2,1-3H3. The van der Waals surface area contributed by atoms with Gasteiger partial charge in [-0.2, -0.15) is 0 Å². The van der Waals surface area contributed by atoms with Crippen molar-refractivity contribution in [1.82, 2.24) is 14.9 Å². The van der Waals surface area contributed by atoms with Crippen LogP contribution >= 0.6 is 0 Å². The number of benzene rings is 1. The number of fused-ring (bicyclic) bond motifs is 1. The molecule has 1 aromatic carbocycles. The summed E-state index contributed by atoms with van der Waals surface area (Å²) in [5.74, 6) is 1.06. The topological polar surface area (TPSA) is 29.9 Å². The van der Waals surface area contributed by atoms with E-state index in [-0.39, 0.29) is 0 Å². The molecule has 80 valence electrons. The Morgan fingerprint density at radius 1 is 1.40 bits per heavy atom. The van der Waals surface area contributed by atoms with Crippen LogP contribution in [0.4, 0.5) is 0 Å². The van der Waals surface area contributed by atoms with Crippen molar-refractivity contribution in [2.75, 3.05) is 6.54 Å². The normalized spacial score (nSPS) is 11.1. The molecule has 3 heteroatoms. The van der Waals surface area contributed by atoms with Gasteiger partial charge in [-0.1, -0.05) is 13.0 Å². The van der Waals surface area contributed by atoms with Crippen LogP contribution in [0.1, 0.15) is 18.3 Å². The highest BCUT2D eigenvalue weighted by Crippen LogP contribution is 2.16. The Morgan fingerprint density at radius 2 is 2.20 bits per heavy atom. The first-order chi connectivity index (χ1) is 7.22. The lowest BCUT2D eigenvalue weighted by Crippen LogP contribution is -2.11. The number of imidazole rings is 1. The van der Waals surface area contributed by atoms with Crippen molar-refractivity contribution in [3.05, 3.63) is 29.6 Å². The Balaban J connectivity index is 2.39. The van der Waals surface area contributed by atoms with Gasteiger partial charge in [-0.3, -0.25) is 0 Å². The number of rotatable bonds is 3. The summed E-state index contributed by atoms with van der Waals surface area (Å²) in [5, 5.41) is 3.32. The molecule has 2 rings (SSSR count). The molecule has 0 unspecified atom stereocenters. The minimum absolute atomic E-state index is 0.919. The van der Waals surface area contributed by atoms with Gasteiger partial charge >= 0.3 is 0 Å². The van der Waals surface area contributed by atoms with Crippen molar-refractivity contribution >= 4 is 11.0 Å². The molecule has 0 aliphatic rings. The molecule has 1 heterocycles. The maximum Gasteiger partial charge on any atom is 0.106 e. The van der Waals surface area contributed by atoms with Crippen LogP contribution in [-0.4, -0.2) is 16.1 Å². The highest BCUT2D eigenvalue weighted by atomic mass is 15.0. The van der Waals surface area contributed by atoms with Gasteiger partial charge in [-0.05, 0) is 31.2 Å². The summed E-state index contributed by atoms with van der Waals surface area (Å²) in [6.07, 6.45) is 0. The van der Waals surface area contributed by atoms with E-state index in [2.05, 4.69) is 47.0 Å². The van der Waals surface area contributed by atoms with Crippen LogP contribution in [0.25, 0.3) is 11.0 Å². The van der Waals surface area contributed by atoms with Crippen molar-refractivity contribution in [2.24, 2.45) is 7.05 Å². The highest BCUT2D eigenvalue weighted by molar-refractivity contribution is 5.76. The molecule has 0 bridgehead atoms. The number of hydrogen-bond acceptors (Lipinski definition) is 2. The average molecular weight is 203 g/mol. The zero-order valence-electron chi connectivity index (χ0n) is 9.54.